The Bertz CT molecular complexity index is 742. The molecule has 2 aromatic rings. The number of benzene rings is 2. The van der Waals surface area contributed by atoms with Crippen LogP contribution < -0.4 is 5.32 Å². The van der Waals surface area contributed by atoms with Crippen LogP contribution >= 0.6 is 0 Å². The standard InChI is InChI=1S/C19H19NO2S/c1-15-10-12-17(13-11-15)19(20-16(2)21)9-6-14-23(22)18-7-4-3-5-8-18/h3-5,7-8,10-13,19H,14H2,1-2H3,(H,20,21). The Hall–Kier alpha value is -2.38. The molecule has 0 fully saturated rings. The van der Waals surface area contributed by atoms with E-state index in [1.807, 2.05) is 61.5 Å². The van der Waals surface area contributed by atoms with E-state index in [0.717, 1.165) is 16.0 Å². The number of hydrogen-bond donors (Lipinski definition) is 1. The molecule has 1 N–H and O–H groups in total. The Morgan fingerprint density at radius 3 is 2.39 bits per heavy atom. The van der Waals surface area contributed by atoms with Gasteiger partial charge in [0.15, 0.2) is 0 Å². The first-order valence-electron chi connectivity index (χ1n) is 7.32. The van der Waals surface area contributed by atoms with Crippen LogP contribution in [-0.4, -0.2) is 15.9 Å². The molecule has 0 saturated carbocycles. The molecule has 4 heteroatoms. The minimum absolute atomic E-state index is 0.144. The summed E-state index contributed by atoms with van der Waals surface area (Å²) in [5, 5.41) is 2.82. The summed E-state index contributed by atoms with van der Waals surface area (Å²) in [4.78, 5) is 12.1. The average Bonchev–Trinajstić information content (AvgIpc) is 2.55. The van der Waals surface area contributed by atoms with Gasteiger partial charge in [-0.15, -0.1) is 0 Å². The van der Waals surface area contributed by atoms with Crippen LogP contribution in [0.3, 0.4) is 0 Å². The van der Waals surface area contributed by atoms with Crippen molar-refractivity contribution in [2.24, 2.45) is 0 Å². The van der Waals surface area contributed by atoms with Crippen LogP contribution in [0.1, 0.15) is 24.1 Å². The van der Waals surface area contributed by atoms with Crippen LogP contribution in [0.15, 0.2) is 59.5 Å². The Labute approximate surface area is 139 Å². The highest BCUT2D eigenvalue weighted by Gasteiger charge is 2.09. The smallest absolute Gasteiger partial charge is 0.218 e. The van der Waals surface area contributed by atoms with Crippen molar-refractivity contribution in [2.45, 2.75) is 24.8 Å². The number of aryl methyl sites for hydroxylation is 1. The van der Waals surface area contributed by atoms with E-state index < -0.39 is 10.8 Å². The van der Waals surface area contributed by atoms with Crippen LogP contribution in [0, 0.1) is 18.8 Å². The molecule has 1 amide bonds. The molecular weight excluding hydrogens is 306 g/mol. The molecule has 23 heavy (non-hydrogen) atoms. The summed E-state index contributed by atoms with van der Waals surface area (Å²) in [5.41, 5.74) is 2.07. The van der Waals surface area contributed by atoms with Crippen molar-refractivity contribution in [1.82, 2.24) is 5.32 Å². The zero-order chi connectivity index (χ0) is 16.7. The lowest BCUT2D eigenvalue weighted by Crippen LogP contribution is -2.25. The van der Waals surface area contributed by atoms with Crippen LogP contribution in [0.25, 0.3) is 0 Å². The Morgan fingerprint density at radius 2 is 1.78 bits per heavy atom. The third-order valence-corrected chi connectivity index (χ3v) is 4.42. The first-order valence-corrected chi connectivity index (χ1v) is 8.63. The molecule has 0 aliphatic heterocycles. The Kier molecular flexibility index (Phi) is 6.13. The number of nitrogens with one attached hydrogen (secondary N) is 1. The lowest BCUT2D eigenvalue weighted by atomic mass is 10.1. The molecule has 0 saturated heterocycles. The molecule has 2 aromatic carbocycles. The molecule has 0 radical (unpaired) electrons. The fraction of sp³-hybridized carbons (Fsp3) is 0.211. The van der Waals surface area contributed by atoms with Crippen molar-refractivity contribution in [3.63, 3.8) is 0 Å². The highest BCUT2D eigenvalue weighted by atomic mass is 32.2. The summed E-state index contributed by atoms with van der Waals surface area (Å²) >= 11 is 0. The first kappa shape index (κ1) is 17.0. The Balaban J connectivity index is 2.11. The molecule has 0 aliphatic rings. The zero-order valence-corrected chi connectivity index (χ0v) is 14.0. The van der Waals surface area contributed by atoms with Crippen LogP contribution in [0.2, 0.25) is 0 Å². The van der Waals surface area contributed by atoms with Gasteiger partial charge in [-0.3, -0.25) is 9.00 Å². The summed E-state index contributed by atoms with van der Waals surface area (Å²) in [5.74, 6) is 6.05. The van der Waals surface area contributed by atoms with Gasteiger partial charge in [0.1, 0.15) is 6.04 Å². The highest BCUT2D eigenvalue weighted by Crippen LogP contribution is 2.13. The van der Waals surface area contributed by atoms with E-state index in [2.05, 4.69) is 17.2 Å². The lowest BCUT2D eigenvalue weighted by Gasteiger charge is -2.12. The SMILES string of the molecule is CC(=O)NC(C#CCS(=O)c1ccccc1)c1ccc(C)cc1. The summed E-state index contributed by atoms with van der Waals surface area (Å²) in [6.07, 6.45) is 0. The first-order chi connectivity index (χ1) is 11.1. The van der Waals surface area contributed by atoms with Crippen molar-refractivity contribution in [3.8, 4) is 11.8 Å². The number of amides is 1. The number of rotatable bonds is 4. The number of hydrogen-bond acceptors (Lipinski definition) is 2. The van der Waals surface area contributed by atoms with Gasteiger partial charge >= 0.3 is 0 Å². The van der Waals surface area contributed by atoms with Gasteiger partial charge in [-0.05, 0) is 24.6 Å². The monoisotopic (exact) mass is 325 g/mol. The summed E-state index contributed by atoms with van der Waals surface area (Å²) in [7, 11) is -1.16. The zero-order valence-electron chi connectivity index (χ0n) is 13.2. The van der Waals surface area contributed by atoms with Crippen molar-refractivity contribution in [2.75, 3.05) is 5.75 Å². The molecule has 2 rings (SSSR count). The number of carbonyl (C=O) groups excluding carboxylic acids is 1. The Morgan fingerprint density at radius 1 is 1.13 bits per heavy atom. The quantitative estimate of drug-likeness (QED) is 0.879. The van der Waals surface area contributed by atoms with Crippen LogP contribution in [0.5, 0.6) is 0 Å². The van der Waals surface area contributed by atoms with Gasteiger partial charge in [-0.2, -0.15) is 0 Å². The minimum atomic E-state index is -1.16. The molecule has 0 heterocycles. The minimum Gasteiger partial charge on any atom is -0.339 e. The normalized spacial score (nSPS) is 12.6. The van der Waals surface area contributed by atoms with Crippen molar-refractivity contribution >= 4 is 16.7 Å². The van der Waals surface area contributed by atoms with Gasteiger partial charge in [0.2, 0.25) is 5.91 Å². The lowest BCUT2D eigenvalue weighted by molar-refractivity contribution is -0.119. The van der Waals surface area contributed by atoms with E-state index in [1.54, 1.807) is 0 Å². The van der Waals surface area contributed by atoms with E-state index >= 15 is 0 Å². The highest BCUT2D eigenvalue weighted by molar-refractivity contribution is 7.85. The molecule has 0 bridgehead atoms. The maximum Gasteiger partial charge on any atom is 0.218 e. The fourth-order valence-electron chi connectivity index (χ4n) is 2.03. The van der Waals surface area contributed by atoms with Gasteiger partial charge in [0, 0.05) is 11.8 Å². The van der Waals surface area contributed by atoms with Gasteiger partial charge < -0.3 is 5.32 Å². The molecule has 0 spiro atoms. The van der Waals surface area contributed by atoms with Crippen LogP contribution in [-0.2, 0) is 15.6 Å². The van der Waals surface area contributed by atoms with Gasteiger partial charge in [-0.25, -0.2) is 0 Å². The third kappa shape index (κ3) is 5.39. The average molecular weight is 325 g/mol. The fourth-order valence-corrected chi connectivity index (χ4v) is 2.87. The molecule has 118 valence electrons. The predicted octanol–water partition coefficient (Wildman–Crippen LogP) is 2.98. The van der Waals surface area contributed by atoms with E-state index in [-0.39, 0.29) is 17.7 Å². The maximum atomic E-state index is 12.2. The second kappa shape index (κ2) is 8.30. The summed E-state index contributed by atoms with van der Waals surface area (Å²) in [6.45, 7) is 3.47. The van der Waals surface area contributed by atoms with E-state index in [0.29, 0.717) is 0 Å². The van der Waals surface area contributed by atoms with Gasteiger partial charge in [-0.1, -0.05) is 59.9 Å². The van der Waals surface area contributed by atoms with E-state index in [9.17, 15) is 9.00 Å². The molecule has 0 aliphatic carbocycles. The largest absolute Gasteiger partial charge is 0.339 e. The van der Waals surface area contributed by atoms with Crippen LogP contribution in [0.4, 0.5) is 0 Å². The molecule has 2 atom stereocenters. The van der Waals surface area contributed by atoms with Gasteiger partial charge in [0.05, 0.1) is 16.6 Å². The molecular formula is C19H19NO2S. The second-order valence-corrected chi connectivity index (χ2v) is 6.62. The third-order valence-electron chi connectivity index (χ3n) is 3.21. The maximum absolute atomic E-state index is 12.2. The van der Waals surface area contributed by atoms with Gasteiger partial charge in [0.25, 0.3) is 0 Å². The van der Waals surface area contributed by atoms with Crippen molar-refractivity contribution < 1.29 is 9.00 Å². The molecule has 3 nitrogen and oxygen atoms in total. The molecule has 0 aromatic heterocycles. The number of carbonyl (C=O) groups is 1. The topological polar surface area (TPSA) is 46.2 Å². The summed E-state index contributed by atoms with van der Waals surface area (Å²) in [6, 6.07) is 16.7. The van der Waals surface area contributed by atoms with E-state index in [4.69, 9.17) is 0 Å². The van der Waals surface area contributed by atoms with Crippen molar-refractivity contribution in [1.29, 1.82) is 0 Å². The van der Waals surface area contributed by atoms with E-state index in [1.165, 1.54) is 6.92 Å². The predicted molar refractivity (Wildman–Crippen MR) is 93.2 cm³/mol. The second-order valence-electron chi connectivity index (χ2n) is 5.17. The summed E-state index contributed by atoms with van der Waals surface area (Å²) < 4.78 is 12.2. The van der Waals surface area contributed by atoms with Crippen molar-refractivity contribution in [3.05, 3.63) is 65.7 Å². The molecule has 2 unspecified atom stereocenters.